The number of amides is 1. The Balaban J connectivity index is 1.24. The van der Waals surface area contributed by atoms with Gasteiger partial charge >= 0.3 is 5.97 Å². The molecule has 4 aromatic rings. The standard InChI is InChI=1S/C23H23N5O3/c1-15-13-16(2)28(27-15)18-9-7-17(8-10-18)14-31-21(29)11-12-24-23(30)22-19-5-3-4-6-20(19)25-26-22/h3-10,13H,11-12,14H2,1-2H3,(H,24,30)(H,25,26). The minimum absolute atomic E-state index is 0.0813. The molecule has 8 heteroatoms. The van der Waals surface area contributed by atoms with Crippen LogP contribution in [0, 0.1) is 13.8 Å². The second-order valence-electron chi connectivity index (χ2n) is 7.29. The molecule has 2 heterocycles. The first-order valence-electron chi connectivity index (χ1n) is 10.0. The number of aryl methyl sites for hydroxylation is 2. The Morgan fingerprint density at radius 1 is 1.10 bits per heavy atom. The van der Waals surface area contributed by atoms with Crippen molar-refractivity contribution in [1.82, 2.24) is 25.3 Å². The molecular formula is C23H23N5O3. The Hall–Kier alpha value is -3.94. The average molecular weight is 417 g/mol. The number of para-hydroxylation sites is 1. The Bertz CT molecular complexity index is 1220. The fraction of sp³-hybridized carbons (Fsp3) is 0.217. The minimum Gasteiger partial charge on any atom is -0.461 e. The van der Waals surface area contributed by atoms with Crippen molar-refractivity contribution in [3.05, 3.63) is 77.2 Å². The van der Waals surface area contributed by atoms with Crippen molar-refractivity contribution in [3.63, 3.8) is 0 Å². The maximum atomic E-state index is 12.3. The summed E-state index contributed by atoms with van der Waals surface area (Å²) in [5.41, 5.74) is 4.95. The third-order valence-corrected chi connectivity index (χ3v) is 4.89. The summed E-state index contributed by atoms with van der Waals surface area (Å²) in [6.45, 7) is 4.31. The van der Waals surface area contributed by atoms with Gasteiger partial charge in [-0.1, -0.05) is 30.3 Å². The van der Waals surface area contributed by atoms with E-state index in [0.717, 1.165) is 33.5 Å². The van der Waals surface area contributed by atoms with Gasteiger partial charge in [0.05, 0.1) is 23.3 Å². The van der Waals surface area contributed by atoms with Crippen LogP contribution < -0.4 is 5.32 Å². The van der Waals surface area contributed by atoms with Crippen LogP contribution in [0.25, 0.3) is 16.6 Å². The van der Waals surface area contributed by atoms with Gasteiger partial charge in [0.1, 0.15) is 6.61 Å². The molecule has 0 fully saturated rings. The van der Waals surface area contributed by atoms with Crippen molar-refractivity contribution in [2.75, 3.05) is 6.54 Å². The molecule has 31 heavy (non-hydrogen) atoms. The molecule has 0 spiro atoms. The van der Waals surface area contributed by atoms with E-state index < -0.39 is 0 Å². The van der Waals surface area contributed by atoms with Crippen molar-refractivity contribution >= 4 is 22.8 Å². The molecule has 158 valence electrons. The number of H-pyrrole nitrogens is 1. The second kappa shape index (κ2) is 8.83. The summed E-state index contributed by atoms with van der Waals surface area (Å²) in [6.07, 6.45) is 0.0813. The van der Waals surface area contributed by atoms with E-state index in [1.54, 1.807) is 0 Å². The number of carbonyl (C=O) groups is 2. The molecule has 0 unspecified atom stereocenters. The lowest BCUT2D eigenvalue weighted by Gasteiger charge is -2.08. The lowest BCUT2D eigenvalue weighted by molar-refractivity contribution is -0.144. The Morgan fingerprint density at radius 2 is 1.87 bits per heavy atom. The molecule has 0 atom stereocenters. The molecule has 4 rings (SSSR count). The molecule has 2 aromatic heterocycles. The van der Waals surface area contributed by atoms with Gasteiger partial charge in [0.15, 0.2) is 5.69 Å². The fourth-order valence-corrected chi connectivity index (χ4v) is 3.36. The number of hydrogen-bond donors (Lipinski definition) is 2. The maximum Gasteiger partial charge on any atom is 0.307 e. The van der Waals surface area contributed by atoms with Crippen LogP contribution >= 0.6 is 0 Å². The van der Waals surface area contributed by atoms with Crippen molar-refractivity contribution in [1.29, 1.82) is 0 Å². The molecule has 2 N–H and O–H groups in total. The predicted octanol–water partition coefficient (Wildman–Crippen LogP) is 3.23. The van der Waals surface area contributed by atoms with Gasteiger partial charge < -0.3 is 10.1 Å². The topological polar surface area (TPSA) is 102 Å². The molecule has 0 radical (unpaired) electrons. The smallest absolute Gasteiger partial charge is 0.307 e. The van der Waals surface area contributed by atoms with Gasteiger partial charge in [0, 0.05) is 17.6 Å². The van der Waals surface area contributed by atoms with Gasteiger partial charge in [0.25, 0.3) is 5.91 Å². The van der Waals surface area contributed by atoms with Gasteiger partial charge in [-0.15, -0.1) is 0 Å². The highest BCUT2D eigenvalue weighted by molar-refractivity contribution is 6.04. The number of aromatic amines is 1. The van der Waals surface area contributed by atoms with E-state index in [1.807, 2.05) is 73.1 Å². The van der Waals surface area contributed by atoms with Crippen LogP contribution in [0.4, 0.5) is 0 Å². The first-order valence-corrected chi connectivity index (χ1v) is 10.0. The number of rotatable bonds is 7. The molecule has 0 saturated carbocycles. The summed E-state index contributed by atoms with van der Waals surface area (Å²) < 4.78 is 7.18. The van der Waals surface area contributed by atoms with Gasteiger partial charge in [-0.3, -0.25) is 14.7 Å². The number of nitrogens with zero attached hydrogens (tertiary/aromatic N) is 3. The molecule has 1 amide bonds. The molecule has 0 bridgehead atoms. The van der Waals surface area contributed by atoms with Gasteiger partial charge in [-0.25, -0.2) is 4.68 Å². The monoisotopic (exact) mass is 417 g/mol. The molecule has 0 aliphatic carbocycles. The quantitative estimate of drug-likeness (QED) is 0.450. The zero-order chi connectivity index (χ0) is 21.8. The van der Waals surface area contributed by atoms with Crippen LogP contribution in [0.15, 0.2) is 54.6 Å². The van der Waals surface area contributed by atoms with Crippen LogP contribution in [0.1, 0.15) is 33.9 Å². The van der Waals surface area contributed by atoms with E-state index in [0.29, 0.717) is 5.69 Å². The summed E-state index contributed by atoms with van der Waals surface area (Å²) in [6, 6.07) is 17.1. The normalized spacial score (nSPS) is 10.9. The lowest BCUT2D eigenvalue weighted by atomic mass is 10.2. The first-order chi connectivity index (χ1) is 15.0. The molecule has 0 aliphatic heterocycles. The van der Waals surface area contributed by atoms with Crippen molar-refractivity contribution in [2.24, 2.45) is 0 Å². The Kier molecular flexibility index (Phi) is 5.79. The zero-order valence-corrected chi connectivity index (χ0v) is 17.4. The highest BCUT2D eigenvalue weighted by Gasteiger charge is 2.14. The van der Waals surface area contributed by atoms with Crippen molar-refractivity contribution in [3.8, 4) is 5.69 Å². The van der Waals surface area contributed by atoms with E-state index in [4.69, 9.17) is 4.74 Å². The number of aromatic nitrogens is 4. The van der Waals surface area contributed by atoms with Crippen molar-refractivity contribution < 1.29 is 14.3 Å². The SMILES string of the molecule is Cc1cc(C)n(-c2ccc(COC(=O)CCNC(=O)c3n[nH]c4ccccc34)cc2)n1. The van der Waals surface area contributed by atoms with Crippen LogP contribution in [0.5, 0.6) is 0 Å². The Morgan fingerprint density at radius 3 is 2.61 bits per heavy atom. The lowest BCUT2D eigenvalue weighted by Crippen LogP contribution is -2.27. The number of ether oxygens (including phenoxy) is 1. The summed E-state index contributed by atoms with van der Waals surface area (Å²) in [5, 5.41) is 14.8. The maximum absolute atomic E-state index is 12.3. The van der Waals surface area contributed by atoms with E-state index in [9.17, 15) is 9.59 Å². The van der Waals surface area contributed by atoms with Crippen LogP contribution in [0.3, 0.4) is 0 Å². The highest BCUT2D eigenvalue weighted by Crippen LogP contribution is 2.15. The summed E-state index contributed by atoms with van der Waals surface area (Å²) in [5.74, 6) is -0.709. The third kappa shape index (κ3) is 4.63. The number of fused-ring (bicyclic) bond motifs is 1. The molecule has 0 aliphatic rings. The zero-order valence-electron chi connectivity index (χ0n) is 17.4. The minimum atomic E-state index is -0.380. The summed E-state index contributed by atoms with van der Waals surface area (Å²) >= 11 is 0. The molecule has 2 aromatic carbocycles. The first kappa shape index (κ1) is 20.3. The largest absolute Gasteiger partial charge is 0.461 e. The summed E-state index contributed by atoms with van der Waals surface area (Å²) in [7, 11) is 0. The number of nitrogens with one attached hydrogen (secondary N) is 2. The number of benzene rings is 2. The van der Waals surface area contributed by atoms with Crippen molar-refractivity contribution in [2.45, 2.75) is 26.9 Å². The summed E-state index contributed by atoms with van der Waals surface area (Å²) in [4.78, 5) is 24.3. The van der Waals surface area contributed by atoms with Crippen LogP contribution in [0.2, 0.25) is 0 Å². The number of esters is 1. The number of carbonyl (C=O) groups excluding carboxylic acids is 2. The van der Waals surface area contributed by atoms with E-state index in [1.165, 1.54) is 0 Å². The van der Waals surface area contributed by atoms with Gasteiger partial charge in [0.2, 0.25) is 0 Å². The third-order valence-electron chi connectivity index (χ3n) is 4.89. The van der Waals surface area contributed by atoms with Gasteiger partial charge in [-0.2, -0.15) is 10.2 Å². The Labute approximate surface area is 179 Å². The molecule has 8 nitrogen and oxygen atoms in total. The average Bonchev–Trinajstić information content (AvgIpc) is 3.35. The fourth-order valence-electron chi connectivity index (χ4n) is 3.36. The van der Waals surface area contributed by atoms with E-state index in [-0.39, 0.29) is 31.4 Å². The molecule has 0 saturated heterocycles. The molecular weight excluding hydrogens is 394 g/mol. The predicted molar refractivity (Wildman–Crippen MR) is 116 cm³/mol. The van der Waals surface area contributed by atoms with Crippen LogP contribution in [-0.4, -0.2) is 38.4 Å². The van der Waals surface area contributed by atoms with E-state index in [2.05, 4.69) is 20.6 Å². The highest BCUT2D eigenvalue weighted by atomic mass is 16.5. The number of hydrogen-bond acceptors (Lipinski definition) is 5. The van der Waals surface area contributed by atoms with E-state index >= 15 is 0 Å². The van der Waals surface area contributed by atoms with Gasteiger partial charge in [-0.05, 0) is 43.7 Å². The van der Waals surface area contributed by atoms with Crippen LogP contribution in [-0.2, 0) is 16.1 Å². The second-order valence-corrected chi connectivity index (χ2v) is 7.29.